The predicted molar refractivity (Wildman–Crippen MR) is 63.3 cm³/mol. The van der Waals surface area contributed by atoms with E-state index in [0.717, 1.165) is 5.52 Å². The van der Waals surface area contributed by atoms with Gasteiger partial charge in [0.2, 0.25) is 0 Å². The Morgan fingerprint density at radius 3 is 2.06 bits per heavy atom. The molecule has 1 heterocycles. The lowest BCUT2D eigenvalue weighted by atomic mass is 10.2. The van der Waals surface area contributed by atoms with E-state index >= 15 is 0 Å². The van der Waals surface area contributed by atoms with Crippen molar-refractivity contribution in [3.8, 4) is 0 Å². The number of rotatable bonds is 0. The third-order valence-electron chi connectivity index (χ3n) is 1.51. The summed E-state index contributed by atoms with van der Waals surface area (Å²) in [5, 5.41) is 1.20. The minimum absolute atomic E-state index is 0. The molecule has 2 aromatic rings. The maximum Gasteiger partial charge on any atom is 0.466 e. The zero-order valence-electron chi connectivity index (χ0n) is 8.09. The molecule has 0 radical (unpaired) electrons. The first-order chi connectivity index (χ1) is 6.97. The molecule has 0 atom stereocenters. The van der Waals surface area contributed by atoms with E-state index in [1.54, 1.807) is 0 Å². The first kappa shape index (κ1) is 15.0. The summed E-state index contributed by atoms with van der Waals surface area (Å²) in [6.45, 7) is 0. The predicted octanol–water partition coefficient (Wildman–Crippen LogP) is 1.73. The van der Waals surface area contributed by atoms with Crippen molar-refractivity contribution in [2.75, 3.05) is 0 Å². The minimum Gasteiger partial charge on any atom is -0.303 e. The lowest BCUT2D eigenvalue weighted by Crippen LogP contribution is -1.73. The van der Waals surface area contributed by atoms with Crippen LogP contribution in [0.25, 0.3) is 10.9 Å². The molecule has 0 aliphatic carbocycles. The van der Waals surface area contributed by atoms with Gasteiger partial charge in [-0.15, -0.1) is 12.4 Å². The number of hydrogen-bond acceptors (Lipinski definition) is 2. The van der Waals surface area contributed by atoms with Crippen LogP contribution in [-0.4, -0.2) is 19.7 Å². The highest BCUT2D eigenvalue weighted by atomic mass is 35.5. The lowest BCUT2D eigenvalue weighted by Gasteiger charge is -1.91. The molecule has 0 fully saturated rings. The van der Waals surface area contributed by atoms with E-state index in [-0.39, 0.29) is 12.4 Å². The molecule has 0 unspecified atom stereocenters. The molecule has 0 saturated carbocycles. The van der Waals surface area contributed by atoms with E-state index in [0.29, 0.717) is 0 Å². The third-order valence-corrected chi connectivity index (χ3v) is 1.51. The summed E-state index contributed by atoms with van der Waals surface area (Å²) < 4.78 is 8.88. The molecule has 1 aromatic heterocycles. The van der Waals surface area contributed by atoms with Crippen LogP contribution >= 0.6 is 20.2 Å². The molecule has 0 amide bonds. The van der Waals surface area contributed by atoms with E-state index in [2.05, 4.69) is 17.1 Å². The van der Waals surface area contributed by atoms with Crippen molar-refractivity contribution >= 4 is 31.1 Å². The largest absolute Gasteiger partial charge is 0.466 e. The molecule has 88 valence electrons. The summed E-state index contributed by atoms with van der Waals surface area (Å²) in [6.07, 6.45) is 1.81. The molecular formula is C9H11ClNO4P. The quantitative estimate of drug-likeness (QED) is 0.630. The SMILES string of the molecule is Cl.O=P(O)(O)O.c1ccc2ncccc2c1. The standard InChI is InChI=1S/C9H7N.ClH.H3O4P/c1-2-6-9-8(4-1)5-3-7-10-9;;1-5(2,3)4/h1-7H;1H;(H3,1,2,3,4). The summed E-state index contributed by atoms with van der Waals surface area (Å²) in [6, 6.07) is 12.1. The molecule has 0 bridgehead atoms. The Morgan fingerprint density at radius 2 is 1.50 bits per heavy atom. The van der Waals surface area contributed by atoms with Crippen LogP contribution in [0.15, 0.2) is 42.6 Å². The topological polar surface area (TPSA) is 90.7 Å². The first-order valence-electron chi connectivity index (χ1n) is 4.05. The molecule has 16 heavy (non-hydrogen) atoms. The van der Waals surface area contributed by atoms with E-state index in [9.17, 15) is 0 Å². The minimum atomic E-state index is -4.64. The zero-order chi connectivity index (χ0) is 11.3. The third kappa shape index (κ3) is 6.50. The fourth-order valence-electron chi connectivity index (χ4n) is 1.02. The maximum atomic E-state index is 8.88. The van der Waals surface area contributed by atoms with E-state index in [1.165, 1.54) is 5.39 Å². The van der Waals surface area contributed by atoms with Crippen molar-refractivity contribution in [3.63, 3.8) is 0 Å². The van der Waals surface area contributed by atoms with Crippen molar-refractivity contribution in [1.29, 1.82) is 0 Å². The van der Waals surface area contributed by atoms with Gasteiger partial charge in [0.05, 0.1) is 5.52 Å². The van der Waals surface area contributed by atoms with Crippen molar-refractivity contribution in [2.45, 2.75) is 0 Å². The first-order valence-corrected chi connectivity index (χ1v) is 5.61. The fraction of sp³-hybridized carbons (Fsp3) is 0. The highest BCUT2D eigenvalue weighted by molar-refractivity contribution is 7.45. The van der Waals surface area contributed by atoms with Gasteiger partial charge in [0.25, 0.3) is 0 Å². The highest BCUT2D eigenvalue weighted by Crippen LogP contribution is 2.25. The normalized spacial score (nSPS) is 9.94. The van der Waals surface area contributed by atoms with Crippen LogP contribution in [0.4, 0.5) is 0 Å². The number of pyridine rings is 1. The zero-order valence-corrected chi connectivity index (χ0v) is 9.80. The second kappa shape index (κ2) is 6.58. The molecule has 7 heteroatoms. The Bertz CT molecular complexity index is 414. The van der Waals surface area contributed by atoms with Crippen molar-refractivity contribution in [1.82, 2.24) is 4.98 Å². The molecule has 0 aliphatic heterocycles. The summed E-state index contributed by atoms with van der Waals surface area (Å²) in [5.41, 5.74) is 1.06. The van der Waals surface area contributed by atoms with Gasteiger partial charge in [0.1, 0.15) is 0 Å². The van der Waals surface area contributed by atoms with Crippen LogP contribution in [0.2, 0.25) is 0 Å². The van der Waals surface area contributed by atoms with E-state index in [1.807, 2.05) is 30.5 Å². The number of nitrogens with zero attached hydrogens (tertiary/aromatic N) is 1. The molecule has 1 aromatic carbocycles. The van der Waals surface area contributed by atoms with Gasteiger partial charge in [-0.25, -0.2) is 4.57 Å². The van der Waals surface area contributed by atoms with Crippen LogP contribution in [0, 0.1) is 0 Å². The van der Waals surface area contributed by atoms with Gasteiger partial charge in [-0.2, -0.15) is 0 Å². The lowest BCUT2D eigenvalue weighted by molar-refractivity contribution is 0.275. The van der Waals surface area contributed by atoms with Crippen LogP contribution in [0.5, 0.6) is 0 Å². The highest BCUT2D eigenvalue weighted by Gasteiger charge is 2.00. The summed E-state index contributed by atoms with van der Waals surface area (Å²) in [4.78, 5) is 25.7. The average molecular weight is 264 g/mol. The molecular weight excluding hydrogens is 253 g/mol. The fourth-order valence-corrected chi connectivity index (χ4v) is 1.02. The number of aromatic nitrogens is 1. The van der Waals surface area contributed by atoms with E-state index in [4.69, 9.17) is 19.2 Å². The summed E-state index contributed by atoms with van der Waals surface area (Å²) in [7, 11) is -4.64. The Balaban J connectivity index is 0.000000330. The maximum absolute atomic E-state index is 8.88. The number of halogens is 1. The molecule has 3 N–H and O–H groups in total. The van der Waals surface area contributed by atoms with Gasteiger partial charge in [0.15, 0.2) is 0 Å². The average Bonchev–Trinajstić information content (AvgIpc) is 2.16. The summed E-state index contributed by atoms with van der Waals surface area (Å²) in [5.74, 6) is 0. The van der Waals surface area contributed by atoms with Crippen LogP contribution < -0.4 is 0 Å². The Kier molecular flexibility index (Phi) is 6.18. The molecule has 2 rings (SSSR count). The second-order valence-electron chi connectivity index (χ2n) is 2.71. The molecule has 5 nitrogen and oxygen atoms in total. The van der Waals surface area contributed by atoms with Crippen molar-refractivity contribution in [2.24, 2.45) is 0 Å². The molecule has 0 aliphatic rings. The Morgan fingerprint density at radius 1 is 1.00 bits per heavy atom. The van der Waals surface area contributed by atoms with Gasteiger partial charge in [-0.05, 0) is 12.1 Å². The van der Waals surface area contributed by atoms with Gasteiger partial charge in [-0.1, -0.05) is 24.3 Å². The van der Waals surface area contributed by atoms with Crippen molar-refractivity contribution in [3.05, 3.63) is 42.6 Å². The van der Waals surface area contributed by atoms with Crippen LogP contribution in [0.1, 0.15) is 0 Å². The van der Waals surface area contributed by atoms with Gasteiger partial charge in [-0.3, -0.25) is 4.98 Å². The Labute approximate surface area is 98.4 Å². The number of para-hydroxylation sites is 1. The molecule has 0 saturated heterocycles. The van der Waals surface area contributed by atoms with Gasteiger partial charge in [0, 0.05) is 11.6 Å². The number of hydrogen-bond donors (Lipinski definition) is 3. The number of fused-ring (bicyclic) bond motifs is 1. The van der Waals surface area contributed by atoms with Crippen LogP contribution in [0.3, 0.4) is 0 Å². The number of benzene rings is 1. The van der Waals surface area contributed by atoms with Crippen molar-refractivity contribution < 1.29 is 19.2 Å². The Hall–Kier alpha value is -0.970. The second-order valence-corrected chi connectivity index (χ2v) is 3.74. The van der Waals surface area contributed by atoms with E-state index < -0.39 is 7.82 Å². The smallest absolute Gasteiger partial charge is 0.303 e. The monoisotopic (exact) mass is 263 g/mol. The van der Waals surface area contributed by atoms with Crippen LogP contribution in [-0.2, 0) is 4.57 Å². The van der Waals surface area contributed by atoms with Gasteiger partial charge < -0.3 is 14.7 Å². The summed E-state index contributed by atoms with van der Waals surface area (Å²) >= 11 is 0. The molecule has 0 spiro atoms. The van der Waals surface area contributed by atoms with Gasteiger partial charge >= 0.3 is 7.82 Å². The number of phosphoric acid groups is 1.